The van der Waals surface area contributed by atoms with E-state index in [-0.39, 0.29) is 0 Å². The number of anilines is 3. The molecule has 2 spiro atoms. The van der Waals surface area contributed by atoms with Crippen molar-refractivity contribution in [2.75, 3.05) is 4.90 Å². The lowest BCUT2D eigenvalue weighted by molar-refractivity contribution is 0.722. The fraction of sp³-hybridized carbons (Fsp3) is 0.0303. The van der Waals surface area contributed by atoms with E-state index >= 15 is 0 Å². The molecular formula is C66H41NS2. The van der Waals surface area contributed by atoms with Crippen molar-refractivity contribution in [3.05, 3.63) is 293 Å². The maximum Gasteiger partial charge on any atom is 0.0736 e. The van der Waals surface area contributed by atoms with Crippen molar-refractivity contribution in [1.82, 2.24) is 0 Å². The molecule has 0 fully saturated rings. The second kappa shape index (κ2) is 14.8. The third-order valence-electron chi connectivity index (χ3n) is 15.4. The number of benzene rings is 11. The van der Waals surface area contributed by atoms with E-state index in [1.807, 2.05) is 23.5 Å². The summed E-state index contributed by atoms with van der Waals surface area (Å²) in [6.45, 7) is 0. The number of hydrogen-bond acceptors (Lipinski definition) is 3. The van der Waals surface area contributed by atoms with Crippen LogP contribution in [-0.4, -0.2) is 0 Å². The van der Waals surface area contributed by atoms with Crippen LogP contribution in [0.1, 0.15) is 44.5 Å². The molecule has 0 unspecified atom stereocenters. The normalized spacial score (nSPS) is 14.5. The lowest BCUT2D eigenvalue weighted by Gasteiger charge is -2.40. The minimum atomic E-state index is -0.494. The Kier molecular flexibility index (Phi) is 8.43. The van der Waals surface area contributed by atoms with Gasteiger partial charge in [0.15, 0.2) is 0 Å². The lowest BCUT2D eigenvalue weighted by atomic mass is 9.67. The SMILES string of the molecule is c1ccc(-c2ccc3cc(N(c4ccc5c(c4)-c4ccccc4C54c5ccccc5Sc5ccccc54)c4cccc5c4-c4ccccc4C54c5ccccc5Sc5ccccc54)ccc3c2)cc1. The highest BCUT2D eigenvalue weighted by molar-refractivity contribution is 7.99. The van der Waals surface area contributed by atoms with Crippen LogP contribution in [0.3, 0.4) is 0 Å². The van der Waals surface area contributed by atoms with Crippen LogP contribution in [0.15, 0.2) is 268 Å². The average Bonchev–Trinajstić information content (AvgIpc) is 3.87. The van der Waals surface area contributed by atoms with Gasteiger partial charge < -0.3 is 4.90 Å². The molecule has 322 valence electrons. The molecule has 2 aliphatic heterocycles. The van der Waals surface area contributed by atoms with Gasteiger partial charge in [0.25, 0.3) is 0 Å². The largest absolute Gasteiger partial charge is 0.310 e. The maximum atomic E-state index is 2.56. The van der Waals surface area contributed by atoms with Crippen molar-refractivity contribution in [1.29, 1.82) is 0 Å². The highest BCUT2D eigenvalue weighted by atomic mass is 32.2. The third-order valence-corrected chi connectivity index (χ3v) is 17.7. The van der Waals surface area contributed by atoms with Crippen molar-refractivity contribution in [2.45, 2.75) is 30.4 Å². The van der Waals surface area contributed by atoms with Gasteiger partial charge >= 0.3 is 0 Å². The second-order valence-corrected chi connectivity index (χ2v) is 20.8. The van der Waals surface area contributed by atoms with Crippen LogP contribution in [0, 0.1) is 0 Å². The van der Waals surface area contributed by atoms with Gasteiger partial charge in [-0.2, -0.15) is 0 Å². The van der Waals surface area contributed by atoms with Crippen LogP contribution in [0.25, 0.3) is 44.2 Å². The van der Waals surface area contributed by atoms with E-state index in [2.05, 4.69) is 254 Å². The van der Waals surface area contributed by atoms with E-state index in [9.17, 15) is 0 Å². The minimum absolute atomic E-state index is 0.452. The Balaban J connectivity index is 1.01. The molecule has 69 heavy (non-hydrogen) atoms. The Morgan fingerprint density at radius 1 is 0.275 bits per heavy atom. The molecule has 0 aromatic heterocycles. The molecule has 0 amide bonds. The lowest BCUT2D eigenvalue weighted by Crippen LogP contribution is -2.32. The van der Waals surface area contributed by atoms with Gasteiger partial charge in [-0.05, 0) is 144 Å². The summed E-state index contributed by atoms with van der Waals surface area (Å²) in [4.78, 5) is 7.80. The van der Waals surface area contributed by atoms with Gasteiger partial charge in [-0.15, -0.1) is 0 Å². The van der Waals surface area contributed by atoms with E-state index in [0.29, 0.717) is 0 Å². The molecule has 1 nitrogen and oxygen atoms in total. The molecule has 0 saturated heterocycles. The molecular weight excluding hydrogens is 871 g/mol. The Morgan fingerprint density at radius 3 is 1.36 bits per heavy atom. The van der Waals surface area contributed by atoms with Crippen molar-refractivity contribution < 1.29 is 0 Å². The maximum absolute atomic E-state index is 2.56. The Morgan fingerprint density at radius 2 is 0.725 bits per heavy atom. The Bertz CT molecular complexity index is 3850. The van der Waals surface area contributed by atoms with Gasteiger partial charge in [-0.3, -0.25) is 0 Å². The number of nitrogens with zero attached hydrogens (tertiary/aromatic N) is 1. The number of rotatable bonds is 4. The minimum Gasteiger partial charge on any atom is -0.310 e. The topological polar surface area (TPSA) is 3.24 Å². The molecule has 0 saturated carbocycles. The smallest absolute Gasteiger partial charge is 0.0736 e. The summed E-state index contributed by atoms with van der Waals surface area (Å²) in [6.07, 6.45) is 0. The van der Waals surface area contributed by atoms with Crippen molar-refractivity contribution >= 4 is 51.4 Å². The first kappa shape index (κ1) is 39.2. The molecule has 4 aliphatic rings. The summed E-state index contributed by atoms with van der Waals surface area (Å²) in [6, 6.07) is 93.8. The van der Waals surface area contributed by atoms with E-state index < -0.39 is 10.8 Å². The summed E-state index contributed by atoms with van der Waals surface area (Å²) in [7, 11) is 0. The monoisotopic (exact) mass is 911 g/mol. The quantitative estimate of drug-likeness (QED) is 0.173. The van der Waals surface area contributed by atoms with Gasteiger partial charge in [0.1, 0.15) is 0 Å². The standard InChI is InChI=1S/C66H41NS2/c1-2-17-42(18-3-1)43-33-34-45-40-46(36-35-44(45)39-43)67(47-37-38-53-50(41-47)48-19-4-6-21-51(48)65(53)54-23-8-12-29-60(54)68-61-30-13-9-24-55(61)65)59-28-16-27-58-64(59)49-20-5-7-22-52(49)66(58)56-25-10-14-31-62(56)69-63-32-15-11-26-57(63)66/h1-41H. The summed E-state index contributed by atoms with van der Waals surface area (Å²) < 4.78 is 0. The van der Waals surface area contributed by atoms with Gasteiger partial charge in [0.2, 0.25) is 0 Å². The van der Waals surface area contributed by atoms with Gasteiger partial charge in [-0.25, -0.2) is 0 Å². The molecule has 2 aliphatic carbocycles. The summed E-state index contributed by atoms with van der Waals surface area (Å²) >= 11 is 3.78. The van der Waals surface area contributed by atoms with Gasteiger partial charge in [0.05, 0.1) is 16.5 Å². The van der Waals surface area contributed by atoms with Crippen molar-refractivity contribution in [3.63, 3.8) is 0 Å². The molecule has 0 radical (unpaired) electrons. The highest BCUT2D eigenvalue weighted by Gasteiger charge is 2.52. The van der Waals surface area contributed by atoms with Gasteiger partial charge in [0, 0.05) is 36.5 Å². The molecule has 0 N–H and O–H groups in total. The van der Waals surface area contributed by atoms with Crippen LogP contribution in [-0.2, 0) is 10.8 Å². The first-order chi connectivity index (χ1) is 34.2. The van der Waals surface area contributed by atoms with Crippen LogP contribution in [0.2, 0.25) is 0 Å². The van der Waals surface area contributed by atoms with E-state index in [4.69, 9.17) is 0 Å². The zero-order chi connectivity index (χ0) is 45.3. The van der Waals surface area contributed by atoms with Crippen LogP contribution in [0.4, 0.5) is 17.1 Å². The van der Waals surface area contributed by atoms with Crippen LogP contribution in [0.5, 0.6) is 0 Å². The van der Waals surface area contributed by atoms with E-state index in [0.717, 1.165) is 17.1 Å². The first-order valence-electron chi connectivity index (χ1n) is 23.8. The summed E-state index contributed by atoms with van der Waals surface area (Å²) in [5.41, 5.74) is 20.7. The predicted molar refractivity (Wildman–Crippen MR) is 287 cm³/mol. The average molecular weight is 912 g/mol. The summed E-state index contributed by atoms with van der Waals surface area (Å²) in [5, 5.41) is 2.42. The highest BCUT2D eigenvalue weighted by Crippen LogP contribution is 2.66. The van der Waals surface area contributed by atoms with Crippen LogP contribution < -0.4 is 4.90 Å². The first-order valence-corrected chi connectivity index (χ1v) is 25.5. The molecule has 11 aromatic carbocycles. The second-order valence-electron chi connectivity index (χ2n) is 18.7. The molecule has 2 heterocycles. The fourth-order valence-electron chi connectivity index (χ4n) is 12.7. The van der Waals surface area contributed by atoms with Crippen molar-refractivity contribution in [3.8, 4) is 33.4 Å². The van der Waals surface area contributed by atoms with E-state index in [1.54, 1.807) is 0 Å². The number of fused-ring (bicyclic) bond motifs is 19. The molecule has 11 aromatic rings. The third kappa shape index (κ3) is 5.35. The predicted octanol–water partition coefficient (Wildman–Crippen LogP) is 17.6. The molecule has 0 atom stereocenters. The van der Waals surface area contributed by atoms with Gasteiger partial charge in [-0.1, -0.05) is 212 Å². The number of hydrogen-bond donors (Lipinski definition) is 0. The summed E-state index contributed by atoms with van der Waals surface area (Å²) in [5.74, 6) is 0. The van der Waals surface area contributed by atoms with Crippen molar-refractivity contribution in [2.24, 2.45) is 0 Å². The zero-order valence-corrected chi connectivity index (χ0v) is 39.1. The van der Waals surface area contributed by atoms with E-state index in [1.165, 1.54) is 108 Å². The van der Waals surface area contributed by atoms with Crippen LogP contribution >= 0.6 is 23.5 Å². The zero-order valence-electron chi connectivity index (χ0n) is 37.4. The molecule has 15 rings (SSSR count). The molecule has 0 bridgehead atoms. The Labute approximate surface area is 410 Å². The fourth-order valence-corrected chi connectivity index (χ4v) is 15.1. The Hall–Kier alpha value is -7.82. The molecule has 3 heteroatoms.